The molecule has 0 unspecified atom stereocenters. The van der Waals surface area contributed by atoms with Gasteiger partial charge >= 0.3 is 0 Å². The van der Waals surface area contributed by atoms with Crippen LogP contribution in [0.15, 0.2) is 36.4 Å². The number of unbranched alkanes of at least 4 members (excludes halogenated alkanes) is 1. The minimum atomic E-state index is -0.163. The van der Waals surface area contributed by atoms with Gasteiger partial charge in [0.2, 0.25) is 0 Å². The first-order chi connectivity index (χ1) is 14.9. The highest BCUT2D eigenvalue weighted by molar-refractivity contribution is 6.36. The zero-order valence-electron chi connectivity index (χ0n) is 17.7. The van der Waals surface area contributed by atoms with E-state index in [4.69, 9.17) is 32.7 Å². The highest BCUT2D eigenvalue weighted by Crippen LogP contribution is 2.29. The number of nitrogens with zero attached hydrogens (tertiary/aromatic N) is 2. The summed E-state index contributed by atoms with van der Waals surface area (Å²) in [7, 11) is 1.56. The fraction of sp³-hybridized carbons (Fsp3) is 0.391. The fourth-order valence-corrected chi connectivity index (χ4v) is 3.86. The van der Waals surface area contributed by atoms with E-state index in [9.17, 15) is 9.59 Å². The molecule has 1 aliphatic heterocycles. The smallest absolute Gasteiger partial charge is 0.255 e. The Kier molecular flexibility index (Phi) is 8.04. The lowest BCUT2D eigenvalue weighted by molar-refractivity contribution is 0.0535. The van der Waals surface area contributed by atoms with Gasteiger partial charge in [0, 0.05) is 36.8 Å². The predicted molar refractivity (Wildman–Crippen MR) is 122 cm³/mol. The molecule has 1 heterocycles. The highest BCUT2D eigenvalue weighted by Gasteiger charge is 2.27. The number of ether oxygens (including phenoxy) is 2. The quantitative estimate of drug-likeness (QED) is 0.553. The number of rotatable bonds is 7. The summed E-state index contributed by atoms with van der Waals surface area (Å²) >= 11 is 12.1. The van der Waals surface area contributed by atoms with Crippen LogP contribution in [0.4, 0.5) is 0 Å². The molecule has 2 amide bonds. The number of piperazine rings is 1. The van der Waals surface area contributed by atoms with Crippen molar-refractivity contribution in [3.63, 3.8) is 0 Å². The third-order valence-corrected chi connectivity index (χ3v) is 5.73. The molecule has 1 saturated heterocycles. The van der Waals surface area contributed by atoms with Crippen LogP contribution in [-0.2, 0) is 0 Å². The molecule has 1 fully saturated rings. The Morgan fingerprint density at radius 3 is 2.23 bits per heavy atom. The molecule has 166 valence electrons. The second-order valence-corrected chi connectivity index (χ2v) is 8.12. The Bertz CT molecular complexity index is 943. The summed E-state index contributed by atoms with van der Waals surface area (Å²) in [4.78, 5) is 29.2. The lowest BCUT2D eigenvalue weighted by atomic mass is 10.1. The molecule has 0 radical (unpaired) electrons. The molecule has 0 bridgehead atoms. The molecular formula is C23H26Cl2N2O4. The fourth-order valence-electron chi connectivity index (χ4n) is 3.37. The number of methoxy groups -OCH3 is 1. The maximum atomic E-state index is 13.0. The van der Waals surface area contributed by atoms with Crippen molar-refractivity contribution in [2.24, 2.45) is 0 Å². The molecule has 2 aromatic rings. The van der Waals surface area contributed by atoms with Gasteiger partial charge < -0.3 is 19.3 Å². The second kappa shape index (κ2) is 10.7. The molecule has 2 aromatic carbocycles. The standard InChI is InChI=1S/C23H26Cl2N2O4/c1-3-4-13-31-20-8-5-16(14-21(20)30-2)22(28)26-9-11-27(12-10-26)23(29)18-7-6-17(24)15-19(18)25/h5-8,14-15H,3-4,9-13H2,1-2H3. The number of carbonyl (C=O) groups excluding carboxylic acids is 2. The Morgan fingerprint density at radius 1 is 0.935 bits per heavy atom. The number of benzene rings is 2. The van der Waals surface area contributed by atoms with Gasteiger partial charge in [-0.15, -0.1) is 0 Å². The molecule has 0 spiro atoms. The summed E-state index contributed by atoms with van der Waals surface area (Å²) in [5.74, 6) is 0.898. The van der Waals surface area contributed by atoms with Gasteiger partial charge in [-0.05, 0) is 42.8 Å². The van der Waals surface area contributed by atoms with Gasteiger partial charge in [0.15, 0.2) is 11.5 Å². The summed E-state index contributed by atoms with van der Waals surface area (Å²) in [5, 5.41) is 0.804. The molecule has 0 aromatic heterocycles. The van der Waals surface area contributed by atoms with Gasteiger partial charge in [0.1, 0.15) is 0 Å². The van der Waals surface area contributed by atoms with Crippen LogP contribution in [0.3, 0.4) is 0 Å². The molecule has 0 N–H and O–H groups in total. The second-order valence-electron chi connectivity index (χ2n) is 7.28. The first-order valence-corrected chi connectivity index (χ1v) is 11.0. The third-order valence-electron chi connectivity index (χ3n) is 5.18. The molecule has 31 heavy (non-hydrogen) atoms. The highest BCUT2D eigenvalue weighted by atomic mass is 35.5. The largest absolute Gasteiger partial charge is 0.493 e. The van der Waals surface area contributed by atoms with Gasteiger partial charge in [0.05, 0.1) is 24.3 Å². The Morgan fingerprint density at radius 2 is 1.61 bits per heavy atom. The average Bonchev–Trinajstić information content (AvgIpc) is 2.78. The SMILES string of the molecule is CCCCOc1ccc(C(=O)N2CCN(C(=O)c3ccc(Cl)cc3Cl)CC2)cc1OC. The first-order valence-electron chi connectivity index (χ1n) is 10.3. The Balaban J connectivity index is 1.62. The Hall–Kier alpha value is -2.44. The summed E-state index contributed by atoms with van der Waals surface area (Å²) in [6.45, 7) is 4.44. The molecule has 6 nitrogen and oxygen atoms in total. The maximum Gasteiger partial charge on any atom is 0.255 e. The number of halogens is 2. The van der Waals surface area contributed by atoms with Gasteiger partial charge in [0.25, 0.3) is 11.8 Å². The van der Waals surface area contributed by atoms with Crippen LogP contribution < -0.4 is 9.47 Å². The topological polar surface area (TPSA) is 59.1 Å². The van der Waals surface area contributed by atoms with E-state index in [1.54, 1.807) is 53.3 Å². The van der Waals surface area contributed by atoms with Gasteiger partial charge in [-0.25, -0.2) is 0 Å². The van der Waals surface area contributed by atoms with E-state index in [1.807, 2.05) is 0 Å². The Labute approximate surface area is 192 Å². The molecule has 8 heteroatoms. The minimum absolute atomic E-state index is 0.102. The van der Waals surface area contributed by atoms with Crippen LogP contribution in [0.25, 0.3) is 0 Å². The summed E-state index contributed by atoms with van der Waals surface area (Å²) in [6, 6.07) is 10.0. The summed E-state index contributed by atoms with van der Waals surface area (Å²) < 4.78 is 11.1. The van der Waals surface area contributed by atoms with Crippen LogP contribution in [0.2, 0.25) is 10.0 Å². The zero-order valence-corrected chi connectivity index (χ0v) is 19.2. The van der Waals surface area contributed by atoms with Crippen molar-refractivity contribution in [3.8, 4) is 11.5 Å². The molecule has 0 atom stereocenters. The first kappa shape index (κ1) is 23.2. The van der Waals surface area contributed by atoms with E-state index >= 15 is 0 Å². The van der Waals surface area contributed by atoms with E-state index in [-0.39, 0.29) is 11.8 Å². The minimum Gasteiger partial charge on any atom is -0.493 e. The number of hydrogen-bond donors (Lipinski definition) is 0. The number of amides is 2. The lowest BCUT2D eigenvalue weighted by Crippen LogP contribution is -2.50. The zero-order chi connectivity index (χ0) is 22.4. The van der Waals surface area contributed by atoms with Crippen LogP contribution >= 0.6 is 23.2 Å². The van der Waals surface area contributed by atoms with E-state index < -0.39 is 0 Å². The third kappa shape index (κ3) is 5.63. The monoisotopic (exact) mass is 464 g/mol. The normalized spacial score (nSPS) is 13.8. The number of carbonyl (C=O) groups is 2. The summed E-state index contributed by atoms with van der Waals surface area (Å²) in [5.41, 5.74) is 0.939. The lowest BCUT2D eigenvalue weighted by Gasteiger charge is -2.35. The van der Waals surface area contributed by atoms with E-state index in [0.717, 1.165) is 12.8 Å². The molecule has 0 aliphatic carbocycles. The van der Waals surface area contributed by atoms with Gasteiger partial charge in [-0.1, -0.05) is 36.5 Å². The van der Waals surface area contributed by atoms with Crippen molar-refractivity contribution in [3.05, 3.63) is 57.6 Å². The maximum absolute atomic E-state index is 13.0. The van der Waals surface area contributed by atoms with Crippen molar-refractivity contribution in [1.29, 1.82) is 0 Å². The van der Waals surface area contributed by atoms with Gasteiger partial charge in [-0.3, -0.25) is 9.59 Å². The van der Waals surface area contributed by atoms with Crippen LogP contribution in [0, 0.1) is 0 Å². The van der Waals surface area contributed by atoms with Crippen LogP contribution in [0.1, 0.15) is 40.5 Å². The predicted octanol–water partition coefficient (Wildman–Crippen LogP) is 4.78. The molecule has 0 saturated carbocycles. The van der Waals surface area contributed by atoms with Crippen molar-refractivity contribution in [1.82, 2.24) is 9.80 Å². The molecular weight excluding hydrogens is 439 g/mol. The van der Waals surface area contributed by atoms with Gasteiger partial charge in [-0.2, -0.15) is 0 Å². The van der Waals surface area contributed by atoms with Crippen molar-refractivity contribution >= 4 is 35.0 Å². The van der Waals surface area contributed by atoms with Crippen molar-refractivity contribution < 1.29 is 19.1 Å². The van der Waals surface area contributed by atoms with Crippen LogP contribution in [-0.4, -0.2) is 61.5 Å². The molecule has 1 aliphatic rings. The van der Waals surface area contributed by atoms with Crippen molar-refractivity contribution in [2.75, 3.05) is 39.9 Å². The number of hydrogen-bond acceptors (Lipinski definition) is 4. The van der Waals surface area contributed by atoms with E-state index in [1.165, 1.54) is 0 Å². The van der Waals surface area contributed by atoms with E-state index in [2.05, 4.69) is 6.92 Å². The summed E-state index contributed by atoms with van der Waals surface area (Å²) in [6.07, 6.45) is 1.99. The average molecular weight is 465 g/mol. The van der Waals surface area contributed by atoms with Crippen molar-refractivity contribution in [2.45, 2.75) is 19.8 Å². The van der Waals surface area contributed by atoms with E-state index in [0.29, 0.717) is 65.5 Å². The molecule has 3 rings (SSSR count). The van der Waals surface area contributed by atoms with Crippen LogP contribution in [0.5, 0.6) is 11.5 Å².